The predicted molar refractivity (Wildman–Crippen MR) is 96.0 cm³/mol. The van der Waals surface area contributed by atoms with Gasteiger partial charge in [-0.25, -0.2) is 18.2 Å². The normalized spacial score (nSPS) is 18.2. The maximum Gasteiger partial charge on any atom is 0.410 e. The molecular formula is C17H25ClN2O4S. The number of fused-ring (bicyclic) bond motifs is 1. The number of carbonyl (C=O) groups excluding carboxylic acids is 1. The van der Waals surface area contributed by atoms with E-state index in [1.54, 1.807) is 11.0 Å². The van der Waals surface area contributed by atoms with E-state index in [4.69, 9.17) is 15.4 Å². The van der Waals surface area contributed by atoms with Crippen molar-refractivity contribution in [2.45, 2.75) is 70.7 Å². The maximum atomic E-state index is 12.6. The minimum Gasteiger partial charge on any atom is -0.444 e. The van der Waals surface area contributed by atoms with Gasteiger partial charge >= 0.3 is 6.09 Å². The van der Waals surface area contributed by atoms with Crippen LogP contribution in [0.2, 0.25) is 0 Å². The molecule has 6 nitrogen and oxygen atoms in total. The van der Waals surface area contributed by atoms with Crippen molar-refractivity contribution >= 4 is 25.8 Å². The summed E-state index contributed by atoms with van der Waals surface area (Å²) >= 11 is 0. The molecule has 8 heteroatoms. The highest BCUT2D eigenvalue weighted by Crippen LogP contribution is 2.29. The third-order valence-electron chi connectivity index (χ3n) is 3.87. The summed E-state index contributed by atoms with van der Waals surface area (Å²) in [5, 5.41) is -0.151. The van der Waals surface area contributed by atoms with Crippen LogP contribution in [0.1, 0.15) is 52.3 Å². The van der Waals surface area contributed by atoms with Gasteiger partial charge in [-0.3, -0.25) is 0 Å². The van der Waals surface area contributed by atoms with Gasteiger partial charge in [-0.15, -0.1) is 0 Å². The van der Waals surface area contributed by atoms with Gasteiger partial charge in [-0.1, -0.05) is 19.9 Å². The number of nitrogens with zero attached hydrogens (tertiary/aromatic N) is 2. The summed E-state index contributed by atoms with van der Waals surface area (Å²) in [7, 11) is 1.52. The summed E-state index contributed by atoms with van der Waals surface area (Å²) in [4.78, 5) is 18.5. The van der Waals surface area contributed by atoms with Crippen LogP contribution in [0, 0.1) is 5.92 Å². The van der Waals surface area contributed by atoms with Crippen LogP contribution in [0.4, 0.5) is 4.79 Å². The van der Waals surface area contributed by atoms with Crippen molar-refractivity contribution < 1.29 is 17.9 Å². The van der Waals surface area contributed by atoms with Crippen LogP contribution in [0.5, 0.6) is 0 Å². The Bertz CT molecular complexity index is 756. The molecular weight excluding hydrogens is 364 g/mol. The van der Waals surface area contributed by atoms with E-state index in [1.807, 2.05) is 20.8 Å². The fraction of sp³-hybridized carbons (Fsp3) is 0.647. The quantitative estimate of drug-likeness (QED) is 0.737. The van der Waals surface area contributed by atoms with Gasteiger partial charge in [0.1, 0.15) is 5.60 Å². The molecule has 2 rings (SSSR count). The smallest absolute Gasteiger partial charge is 0.410 e. The third kappa shape index (κ3) is 5.31. The van der Waals surface area contributed by atoms with Crippen LogP contribution in [0.25, 0.3) is 0 Å². The molecule has 1 amide bonds. The van der Waals surface area contributed by atoms with E-state index in [0.29, 0.717) is 24.6 Å². The standard InChI is InChI=1S/C17H25ClN2O4S/c1-11(2)8-13-9-14-12(6-7-15(19-14)25(18,22)23)10-20(13)16(21)24-17(3,4)5/h6-7,11,13H,8-10H2,1-5H3. The topological polar surface area (TPSA) is 76.6 Å². The molecule has 1 aromatic heterocycles. The average molecular weight is 389 g/mol. The molecule has 0 fully saturated rings. The predicted octanol–water partition coefficient (Wildman–Crippen LogP) is 3.72. The molecule has 140 valence electrons. The SMILES string of the molecule is CC(C)CC1Cc2nc(S(=O)(=O)Cl)ccc2CN1C(=O)OC(C)(C)C. The van der Waals surface area contributed by atoms with Gasteiger partial charge in [0.15, 0.2) is 5.03 Å². The molecule has 0 saturated carbocycles. The number of aromatic nitrogens is 1. The Hall–Kier alpha value is -1.34. The molecule has 1 aliphatic rings. The van der Waals surface area contributed by atoms with Gasteiger partial charge in [-0.2, -0.15) is 0 Å². The zero-order chi connectivity index (χ0) is 19.0. The molecule has 0 saturated heterocycles. The van der Waals surface area contributed by atoms with E-state index in [2.05, 4.69) is 18.8 Å². The molecule has 0 bridgehead atoms. The molecule has 0 N–H and O–H groups in total. The van der Waals surface area contributed by atoms with E-state index in [9.17, 15) is 13.2 Å². The fourth-order valence-corrected chi connectivity index (χ4v) is 3.61. The van der Waals surface area contributed by atoms with Crippen molar-refractivity contribution in [1.29, 1.82) is 0 Å². The summed E-state index contributed by atoms with van der Waals surface area (Å²) in [6.07, 6.45) is 0.892. The lowest BCUT2D eigenvalue weighted by atomic mass is 9.92. The molecule has 0 aliphatic carbocycles. The Balaban J connectivity index is 2.35. The first kappa shape index (κ1) is 20.0. The zero-order valence-corrected chi connectivity index (χ0v) is 16.8. The van der Waals surface area contributed by atoms with Crippen LogP contribution in [-0.2, 0) is 26.8 Å². The van der Waals surface area contributed by atoms with Gasteiger partial charge in [0.25, 0.3) is 9.05 Å². The minimum atomic E-state index is -3.87. The van der Waals surface area contributed by atoms with Crippen molar-refractivity contribution in [3.05, 3.63) is 23.4 Å². The number of halogens is 1. The molecule has 0 radical (unpaired) electrons. The zero-order valence-electron chi connectivity index (χ0n) is 15.2. The lowest BCUT2D eigenvalue weighted by molar-refractivity contribution is 0.00945. The highest BCUT2D eigenvalue weighted by atomic mass is 35.7. The largest absolute Gasteiger partial charge is 0.444 e. The summed E-state index contributed by atoms with van der Waals surface area (Å²) < 4.78 is 28.6. The highest BCUT2D eigenvalue weighted by molar-refractivity contribution is 8.13. The van der Waals surface area contributed by atoms with Crippen molar-refractivity contribution in [2.24, 2.45) is 5.92 Å². The van der Waals surface area contributed by atoms with Crippen molar-refractivity contribution in [3.63, 3.8) is 0 Å². The number of pyridine rings is 1. The van der Waals surface area contributed by atoms with Crippen LogP contribution in [0.15, 0.2) is 17.2 Å². The van der Waals surface area contributed by atoms with Crippen molar-refractivity contribution in [3.8, 4) is 0 Å². The second-order valence-electron chi connectivity index (χ2n) is 7.79. The second-order valence-corrected chi connectivity index (χ2v) is 10.3. The first-order valence-electron chi connectivity index (χ1n) is 8.30. The lowest BCUT2D eigenvalue weighted by Gasteiger charge is -2.38. The number of rotatable bonds is 3. The molecule has 0 aromatic carbocycles. The van der Waals surface area contributed by atoms with E-state index in [0.717, 1.165) is 12.0 Å². The van der Waals surface area contributed by atoms with E-state index in [-0.39, 0.29) is 17.2 Å². The highest BCUT2D eigenvalue weighted by Gasteiger charge is 2.34. The fourth-order valence-electron chi connectivity index (χ4n) is 2.90. The number of hydrogen-bond donors (Lipinski definition) is 0. The molecule has 25 heavy (non-hydrogen) atoms. The van der Waals surface area contributed by atoms with Crippen molar-refractivity contribution in [2.75, 3.05) is 0 Å². The summed E-state index contributed by atoms with van der Waals surface area (Å²) in [6.45, 7) is 10.0. The Morgan fingerprint density at radius 2 is 2.04 bits per heavy atom. The summed E-state index contributed by atoms with van der Waals surface area (Å²) in [5.74, 6) is 0.372. The number of amides is 1. The lowest BCUT2D eigenvalue weighted by Crippen LogP contribution is -2.47. The van der Waals surface area contributed by atoms with Crippen LogP contribution in [-0.4, -0.2) is 36.0 Å². The number of hydrogen-bond acceptors (Lipinski definition) is 5. The van der Waals surface area contributed by atoms with E-state index in [1.165, 1.54) is 6.07 Å². The van der Waals surface area contributed by atoms with Crippen LogP contribution < -0.4 is 0 Å². The number of ether oxygens (including phenoxy) is 1. The summed E-state index contributed by atoms with van der Waals surface area (Å²) in [5.41, 5.74) is 0.913. The minimum absolute atomic E-state index is 0.0943. The van der Waals surface area contributed by atoms with E-state index >= 15 is 0 Å². The Labute approximate surface area is 153 Å². The Morgan fingerprint density at radius 3 is 2.56 bits per heavy atom. The molecule has 1 atom stereocenters. The molecule has 0 spiro atoms. The van der Waals surface area contributed by atoms with Gasteiger partial charge in [0.05, 0.1) is 6.54 Å². The molecule has 2 heterocycles. The molecule has 1 aliphatic heterocycles. The van der Waals surface area contributed by atoms with Gasteiger partial charge < -0.3 is 9.64 Å². The first-order chi connectivity index (χ1) is 11.4. The maximum absolute atomic E-state index is 12.6. The van der Waals surface area contributed by atoms with Crippen molar-refractivity contribution in [1.82, 2.24) is 9.88 Å². The van der Waals surface area contributed by atoms with Gasteiger partial charge in [0.2, 0.25) is 0 Å². The number of carbonyl (C=O) groups is 1. The average Bonchev–Trinajstić information content (AvgIpc) is 2.42. The Kier molecular flexibility index (Phi) is 5.68. The van der Waals surface area contributed by atoms with Crippen LogP contribution >= 0.6 is 10.7 Å². The third-order valence-corrected chi connectivity index (χ3v) is 5.08. The molecule has 1 aromatic rings. The van der Waals surface area contributed by atoms with Crippen LogP contribution in [0.3, 0.4) is 0 Å². The van der Waals surface area contributed by atoms with E-state index < -0.39 is 14.7 Å². The first-order valence-corrected chi connectivity index (χ1v) is 10.6. The summed E-state index contributed by atoms with van der Waals surface area (Å²) in [6, 6.07) is 2.95. The van der Waals surface area contributed by atoms with Gasteiger partial charge in [0, 0.05) is 28.8 Å². The monoisotopic (exact) mass is 388 g/mol. The Morgan fingerprint density at radius 1 is 1.40 bits per heavy atom. The molecule has 1 unspecified atom stereocenters. The van der Waals surface area contributed by atoms with Gasteiger partial charge in [-0.05, 0) is 44.7 Å². The second kappa shape index (κ2) is 7.11.